The van der Waals surface area contributed by atoms with Gasteiger partial charge in [0.1, 0.15) is 10.8 Å². The molecule has 1 aromatic rings. The second-order valence-electron chi connectivity index (χ2n) is 4.41. The Labute approximate surface area is 110 Å². The summed E-state index contributed by atoms with van der Waals surface area (Å²) in [6.07, 6.45) is 0. The summed E-state index contributed by atoms with van der Waals surface area (Å²) >= 11 is 9.48. The van der Waals surface area contributed by atoms with Crippen molar-refractivity contribution in [3.8, 4) is 0 Å². The third-order valence-corrected chi connectivity index (χ3v) is 3.72. The first-order chi connectivity index (χ1) is 7.29. The van der Waals surface area contributed by atoms with Crippen LogP contribution in [-0.2, 0) is 10.3 Å². The highest BCUT2D eigenvalue weighted by atomic mass is 79.9. The lowest BCUT2D eigenvalue weighted by molar-refractivity contribution is 0.0112. The van der Waals surface area contributed by atoms with Crippen LogP contribution in [0.2, 0.25) is 5.15 Å². The highest BCUT2D eigenvalue weighted by Gasteiger charge is 2.26. The summed E-state index contributed by atoms with van der Waals surface area (Å²) in [6, 6.07) is 0. The van der Waals surface area contributed by atoms with Crippen LogP contribution in [-0.4, -0.2) is 17.1 Å². The van der Waals surface area contributed by atoms with Crippen molar-refractivity contribution in [1.29, 1.82) is 0 Å². The van der Waals surface area contributed by atoms with Crippen LogP contribution < -0.4 is 0 Å². The lowest BCUT2D eigenvalue weighted by Gasteiger charge is -2.22. The van der Waals surface area contributed by atoms with Gasteiger partial charge in [-0.3, -0.25) is 0 Å². The molecule has 0 aliphatic rings. The summed E-state index contributed by atoms with van der Waals surface area (Å²) in [5, 5.41) is 0.429. The number of hydrogen-bond acceptors (Lipinski definition) is 3. The zero-order valence-corrected chi connectivity index (χ0v) is 12.5. The van der Waals surface area contributed by atoms with Crippen molar-refractivity contribution in [1.82, 2.24) is 9.97 Å². The molecule has 0 atom stereocenters. The first-order valence-electron chi connectivity index (χ1n) is 5.08. The first-order valence-corrected chi connectivity index (χ1v) is 6.25. The summed E-state index contributed by atoms with van der Waals surface area (Å²) in [5.74, 6) is 0.883. The molecule has 0 fully saturated rings. The molecule has 0 aliphatic heterocycles. The van der Waals surface area contributed by atoms with E-state index in [-0.39, 0.29) is 5.92 Å². The molecule has 0 aliphatic carbocycles. The molecule has 0 unspecified atom stereocenters. The van der Waals surface area contributed by atoms with Gasteiger partial charge in [-0.25, -0.2) is 9.97 Å². The molecule has 3 nitrogen and oxygen atoms in total. The molecule has 0 saturated heterocycles. The number of halogens is 2. The average molecular weight is 308 g/mol. The van der Waals surface area contributed by atoms with Crippen LogP contribution in [0.3, 0.4) is 0 Å². The van der Waals surface area contributed by atoms with E-state index in [9.17, 15) is 0 Å². The molecule has 0 bridgehead atoms. The Kier molecular flexibility index (Phi) is 4.32. The van der Waals surface area contributed by atoms with Crippen molar-refractivity contribution in [2.75, 3.05) is 7.11 Å². The number of methoxy groups -OCH3 is 1. The third kappa shape index (κ3) is 2.73. The fourth-order valence-corrected chi connectivity index (χ4v) is 1.99. The summed E-state index contributed by atoms with van der Waals surface area (Å²) < 4.78 is 6.12. The Balaban J connectivity index is 3.35. The van der Waals surface area contributed by atoms with Gasteiger partial charge in [0.05, 0.1) is 10.2 Å². The maximum Gasteiger partial charge on any atom is 0.161 e. The van der Waals surface area contributed by atoms with Crippen LogP contribution in [0.25, 0.3) is 0 Å². The Morgan fingerprint density at radius 3 is 2.31 bits per heavy atom. The third-order valence-electron chi connectivity index (χ3n) is 2.43. The highest BCUT2D eigenvalue weighted by Crippen LogP contribution is 2.31. The van der Waals surface area contributed by atoms with Crippen LogP contribution >= 0.6 is 27.5 Å². The Bertz CT molecular complexity index is 394. The summed E-state index contributed by atoms with van der Waals surface area (Å²) in [5.41, 5.74) is 0.369. The second kappa shape index (κ2) is 4.98. The summed E-state index contributed by atoms with van der Waals surface area (Å²) in [6.45, 7) is 7.95. The minimum Gasteiger partial charge on any atom is -0.371 e. The van der Waals surface area contributed by atoms with Gasteiger partial charge in [-0.05, 0) is 35.7 Å². The Morgan fingerprint density at radius 2 is 1.88 bits per heavy atom. The maximum atomic E-state index is 6.07. The van der Waals surface area contributed by atoms with Crippen molar-refractivity contribution < 1.29 is 4.74 Å². The van der Waals surface area contributed by atoms with E-state index in [0.717, 1.165) is 10.2 Å². The largest absolute Gasteiger partial charge is 0.371 e. The highest BCUT2D eigenvalue weighted by molar-refractivity contribution is 9.10. The van der Waals surface area contributed by atoms with Gasteiger partial charge >= 0.3 is 0 Å². The standard InChI is InChI=1S/C11H16BrClN2O/c1-6(2)8-7(12)9(13)15-10(14-8)11(3,4)16-5/h6H,1-5H3. The minimum absolute atomic E-state index is 0.279. The lowest BCUT2D eigenvalue weighted by Crippen LogP contribution is -2.24. The lowest BCUT2D eigenvalue weighted by atomic mass is 10.1. The zero-order chi connectivity index (χ0) is 12.5. The Hall–Kier alpha value is -0.190. The molecule has 1 heterocycles. The summed E-state index contributed by atoms with van der Waals surface area (Å²) in [4.78, 5) is 8.75. The predicted molar refractivity (Wildman–Crippen MR) is 68.9 cm³/mol. The van der Waals surface area contributed by atoms with Gasteiger partial charge in [0.2, 0.25) is 0 Å². The average Bonchev–Trinajstić information content (AvgIpc) is 2.21. The van der Waals surface area contributed by atoms with Crippen LogP contribution in [0.1, 0.15) is 45.1 Å². The van der Waals surface area contributed by atoms with Crippen LogP contribution in [0.5, 0.6) is 0 Å². The monoisotopic (exact) mass is 306 g/mol. The van der Waals surface area contributed by atoms with E-state index in [2.05, 4.69) is 39.7 Å². The number of nitrogens with zero attached hydrogens (tertiary/aromatic N) is 2. The van der Waals surface area contributed by atoms with Gasteiger partial charge in [-0.2, -0.15) is 0 Å². The molecule has 1 aromatic heterocycles. The number of aromatic nitrogens is 2. The molecule has 1 rings (SSSR count). The molecule has 0 N–H and O–H groups in total. The SMILES string of the molecule is COC(C)(C)c1nc(Cl)c(Br)c(C(C)C)n1. The fraction of sp³-hybridized carbons (Fsp3) is 0.636. The first kappa shape index (κ1) is 13.9. The van der Waals surface area contributed by atoms with Crippen LogP contribution in [0, 0.1) is 0 Å². The molecule has 90 valence electrons. The van der Waals surface area contributed by atoms with Crippen molar-refractivity contribution >= 4 is 27.5 Å². The number of hydrogen-bond donors (Lipinski definition) is 0. The quantitative estimate of drug-likeness (QED) is 0.794. The van der Waals surface area contributed by atoms with E-state index in [0.29, 0.717) is 11.0 Å². The molecular formula is C11H16BrClN2O. The summed E-state index contributed by atoms with van der Waals surface area (Å²) in [7, 11) is 1.63. The molecule has 0 amide bonds. The molecular weight excluding hydrogens is 291 g/mol. The van der Waals surface area contributed by atoms with Gasteiger partial charge in [-0.1, -0.05) is 25.4 Å². The van der Waals surface area contributed by atoms with E-state index in [1.54, 1.807) is 7.11 Å². The molecule has 5 heteroatoms. The van der Waals surface area contributed by atoms with Crippen LogP contribution in [0.15, 0.2) is 4.47 Å². The molecule has 0 spiro atoms. The van der Waals surface area contributed by atoms with Crippen molar-refractivity contribution in [2.24, 2.45) is 0 Å². The molecule has 0 saturated carbocycles. The normalized spacial score (nSPS) is 12.2. The van der Waals surface area contributed by atoms with Gasteiger partial charge < -0.3 is 4.74 Å². The van der Waals surface area contributed by atoms with Crippen molar-refractivity contribution in [3.63, 3.8) is 0 Å². The molecule has 0 aromatic carbocycles. The predicted octanol–water partition coefficient (Wildman–Crippen LogP) is 3.90. The number of rotatable bonds is 3. The van der Waals surface area contributed by atoms with E-state index < -0.39 is 5.60 Å². The van der Waals surface area contributed by atoms with Gasteiger partial charge in [0.15, 0.2) is 5.82 Å². The van der Waals surface area contributed by atoms with Gasteiger partial charge in [-0.15, -0.1) is 0 Å². The van der Waals surface area contributed by atoms with Crippen molar-refractivity contribution in [3.05, 3.63) is 21.1 Å². The smallest absolute Gasteiger partial charge is 0.161 e. The maximum absolute atomic E-state index is 6.07. The zero-order valence-electron chi connectivity index (χ0n) is 10.1. The second-order valence-corrected chi connectivity index (χ2v) is 5.56. The number of ether oxygens (including phenoxy) is 1. The van der Waals surface area contributed by atoms with Crippen LogP contribution in [0.4, 0.5) is 0 Å². The van der Waals surface area contributed by atoms with E-state index >= 15 is 0 Å². The van der Waals surface area contributed by atoms with Crippen molar-refractivity contribution in [2.45, 2.75) is 39.2 Å². The van der Waals surface area contributed by atoms with Gasteiger partial charge in [0.25, 0.3) is 0 Å². The molecule has 16 heavy (non-hydrogen) atoms. The van der Waals surface area contributed by atoms with Gasteiger partial charge in [0, 0.05) is 7.11 Å². The van der Waals surface area contributed by atoms with E-state index in [4.69, 9.17) is 16.3 Å². The van der Waals surface area contributed by atoms with E-state index in [1.807, 2.05) is 13.8 Å². The Morgan fingerprint density at radius 1 is 1.31 bits per heavy atom. The minimum atomic E-state index is -0.534. The molecule has 0 radical (unpaired) electrons. The fourth-order valence-electron chi connectivity index (χ4n) is 1.18. The topological polar surface area (TPSA) is 35.0 Å². The van der Waals surface area contributed by atoms with E-state index in [1.165, 1.54) is 0 Å².